The van der Waals surface area contributed by atoms with Crippen LogP contribution >= 0.6 is 0 Å². The van der Waals surface area contributed by atoms with E-state index in [1.807, 2.05) is 0 Å². The quantitative estimate of drug-likeness (QED) is 0.501. The average Bonchev–Trinajstić information content (AvgIpc) is 2.02. The third kappa shape index (κ3) is 6.03. The zero-order valence-electron chi connectivity index (χ0n) is 9.22. The van der Waals surface area contributed by atoms with Gasteiger partial charge in [0.2, 0.25) is 0 Å². The van der Waals surface area contributed by atoms with E-state index in [-0.39, 0.29) is 0 Å². The summed E-state index contributed by atoms with van der Waals surface area (Å²) in [5.41, 5.74) is 0. The summed E-state index contributed by atoms with van der Waals surface area (Å²) in [7, 11) is 0.323. The molecule has 0 atom stereocenters. The van der Waals surface area contributed by atoms with Crippen molar-refractivity contribution in [2.75, 3.05) is 20.4 Å². The molecule has 0 fully saturated rings. The summed E-state index contributed by atoms with van der Waals surface area (Å²) in [5.74, 6) is 0. The molecule has 0 aliphatic carbocycles. The largest absolute Gasteiger partial charge is 0.502 e. The van der Waals surface area contributed by atoms with Crippen LogP contribution in [0.5, 0.6) is 0 Å². The summed E-state index contributed by atoms with van der Waals surface area (Å²) in [6.45, 7) is 10.6. The molecule has 0 aromatic rings. The highest BCUT2D eigenvalue weighted by molar-refractivity contribution is 6.76. The summed E-state index contributed by atoms with van der Waals surface area (Å²) in [5, 5.41) is 0.687. The van der Waals surface area contributed by atoms with Gasteiger partial charge in [-0.3, -0.25) is 0 Å². The fourth-order valence-electron chi connectivity index (χ4n) is 0.736. The molecule has 0 N–H and O–H groups in total. The van der Waals surface area contributed by atoms with Crippen molar-refractivity contribution in [3.8, 4) is 0 Å². The van der Waals surface area contributed by atoms with Gasteiger partial charge in [-0.1, -0.05) is 26.2 Å². The Kier molecular flexibility index (Phi) is 5.54. The number of hydrogen-bond acceptors (Lipinski definition) is 3. The Bertz CT molecular complexity index is 161. The first kappa shape index (κ1) is 12.9. The zero-order valence-corrected chi connectivity index (χ0v) is 11.4. The van der Waals surface area contributed by atoms with E-state index in [9.17, 15) is 0 Å². The second-order valence-corrected chi connectivity index (χ2v) is 11.8. The van der Waals surface area contributed by atoms with Crippen LogP contribution in [0.4, 0.5) is 0 Å². The number of rotatable bonds is 6. The molecule has 0 amide bonds. The zero-order chi connectivity index (χ0) is 10.5. The predicted octanol–water partition coefficient (Wildman–Crippen LogP) is 1.45. The minimum absolute atomic E-state index is 0.687. The van der Waals surface area contributed by atoms with Crippen LogP contribution in [0.15, 0.2) is 12.0 Å². The molecule has 0 aromatic heterocycles. The van der Waals surface area contributed by atoms with Crippen LogP contribution in [0.25, 0.3) is 0 Å². The second kappa shape index (κ2) is 5.59. The third-order valence-corrected chi connectivity index (χ3v) is 3.94. The molecule has 0 aromatic carbocycles. The summed E-state index contributed by atoms with van der Waals surface area (Å²) in [6.07, 6.45) is 0.780. The van der Waals surface area contributed by atoms with Crippen molar-refractivity contribution in [3.05, 3.63) is 12.0 Å². The van der Waals surface area contributed by atoms with Crippen molar-refractivity contribution in [1.82, 2.24) is 0 Å². The Hall–Kier alpha value is -0.106. The fourth-order valence-corrected chi connectivity index (χ4v) is 2.46. The highest BCUT2D eigenvalue weighted by atomic mass is 28.3. The Morgan fingerprint density at radius 3 is 2.00 bits per heavy atom. The van der Waals surface area contributed by atoms with Gasteiger partial charge in [-0.25, -0.2) is 0 Å². The summed E-state index contributed by atoms with van der Waals surface area (Å²) < 4.78 is 15.8. The van der Waals surface area contributed by atoms with Crippen LogP contribution < -0.4 is 0 Å². The lowest BCUT2D eigenvalue weighted by Gasteiger charge is -2.20. The van der Waals surface area contributed by atoms with Gasteiger partial charge in [0, 0.05) is 14.2 Å². The van der Waals surface area contributed by atoms with Crippen LogP contribution in [0.3, 0.4) is 0 Å². The highest BCUT2D eigenvalue weighted by Crippen LogP contribution is 2.07. The van der Waals surface area contributed by atoms with E-state index in [0.717, 1.165) is 6.23 Å². The van der Waals surface area contributed by atoms with Gasteiger partial charge in [0.25, 0.3) is 0 Å². The molecule has 0 rings (SSSR count). The van der Waals surface area contributed by atoms with Crippen LogP contribution in [0.2, 0.25) is 19.6 Å². The van der Waals surface area contributed by atoms with E-state index in [0.29, 0.717) is 5.38 Å². The van der Waals surface area contributed by atoms with Crippen molar-refractivity contribution in [3.63, 3.8) is 0 Å². The first-order valence-electron chi connectivity index (χ1n) is 4.28. The Balaban J connectivity index is 3.86. The van der Waals surface area contributed by atoms with Gasteiger partial charge >= 0.3 is 9.28 Å². The minimum Gasteiger partial charge on any atom is -0.502 e. The first-order valence-corrected chi connectivity index (χ1v) is 9.50. The normalized spacial score (nSPS) is 11.8. The second-order valence-electron chi connectivity index (χ2n) is 4.12. The lowest BCUT2D eigenvalue weighted by molar-refractivity contribution is 0.223. The lowest BCUT2D eigenvalue weighted by Crippen LogP contribution is -2.32. The predicted molar refractivity (Wildman–Crippen MR) is 59.6 cm³/mol. The van der Waals surface area contributed by atoms with Crippen molar-refractivity contribution >= 4 is 17.4 Å². The van der Waals surface area contributed by atoms with Gasteiger partial charge in [-0.05, 0) is 0 Å². The topological polar surface area (TPSA) is 27.7 Å². The van der Waals surface area contributed by atoms with Gasteiger partial charge in [0.1, 0.15) is 5.38 Å². The van der Waals surface area contributed by atoms with Gasteiger partial charge in [-0.2, -0.15) is 0 Å². The highest BCUT2D eigenvalue weighted by Gasteiger charge is 2.20. The molecule has 3 nitrogen and oxygen atoms in total. The fraction of sp³-hybridized carbons (Fsp3) is 0.750. The van der Waals surface area contributed by atoms with Crippen molar-refractivity contribution in [1.29, 1.82) is 0 Å². The Morgan fingerprint density at radius 2 is 1.69 bits per heavy atom. The molecule has 0 radical (unpaired) electrons. The molecule has 0 saturated heterocycles. The molecule has 0 aliphatic rings. The third-order valence-electron chi connectivity index (χ3n) is 1.38. The maximum atomic E-state index is 5.53. The van der Waals surface area contributed by atoms with Crippen molar-refractivity contribution in [2.24, 2.45) is 0 Å². The van der Waals surface area contributed by atoms with Crippen molar-refractivity contribution in [2.45, 2.75) is 19.6 Å². The van der Waals surface area contributed by atoms with E-state index >= 15 is 0 Å². The molecule has 0 saturated carbocycles. The lowest BCUT2D eigenvalue weighted by atomic mass is 11.1. The molecule has 13 heavy (non-hydrogen) atoms. The molecule has 0 heterocycles. The smallest absolute Gasteiger partial charge is 0.390 e. The van der Waals surface area contributed by atoms with E-state index < -0.39 is 17.4 Å². The van der Waals surface area contributed by atoms with Crippen LogP contribution in [-0.4, -0.2) is 37.8 Å². The van der Waals surface area contributed by atoms with Crippen molar-refractivity contribution < 1.29 is 13.6 Å². The van der Waals surface area contributed by atoms with Crippen LogP contribution in [-0.2, 0) is 13.6 Å². The SMILES string of the molecule is C=C(OC[Si](C)(C)C)[SiH](OC)OC. The molecular weight excluding hydrogens is 200 g/mol. The molecule has 0 unspecified atom stereocenters. The van der Waals surface area contributed by atoms with Crippen LogP contribution in [0, 0.1) is 0 Å². The van der Waals surface area contributed by atoms with E-state index in [1.54, 1.807) is 14.2 Å². The molecule has 0 bridgehead atoms. The van der Waals surface area contributed by atoms with Gasteiger partial charge in [-0.15, -0.1) is 0 Å². The van der Waals surface area contributed by atoms with E-state index in [2.05, 4.69) is 26.2 Å². The Labute approximate surface area is 83.6 Å². The summed E-state index contributed by atoms with van der Waals surface area (Å²) in [6, 6.07) is 0. The van der Waals surface area contributed by atoms with Gasteiger partial charge < -0.3 is 13.6 Å². The average molecular weight is 220 g/mol. The van der Waals surface area contributed by atoms with E-state index in [1.165, 1.54) is 0 Å². The van der Waals surface area contributed by atoms with E-state index in [4.69, 9.17) is 13.6 Å². The monoisotopic (exact) mass is 220 g/mol. The number of hydrogen-bond donors (Lipinski definition) is 0. The summed E-state index contributed by atoms with van der Waals surface area (Å²) >= 11 is 0. The Morgan fingerprint density at radius 1 is 1.23 bits per heavy atom. The molecule has 78 valence electrons. The molecular formula is C8H20O3Si2. The molecule has 5 heteroatoms. The summed E-state index contributed by atoms with van der Waals surface area (Å²) in [4.78, 5) is 0. The van der Waals surface area contributed by atoms with Gasteiger partial charge in [0.15, 0.2) is 0 Å². The molecule has 0 aliphatic heterocycles. The number of ether oxygens (including phenoxy) is 1. The maximum Gasteiger partial charge on any atom is 0.390 e. The minimum atomic E-state index is -1.77. The first-order chi connectivity index (χ1) is 5.90. The standard InChI is InChI=1S/C8H20O3Si2/c1-8(12(9-2)10-3)11-7-13(4,5)6/h12H,1,7H2,2-6H3. The van der Waals surface area contributed by atoms with Gasteiger partial charge in [0.05, 0.1) is 14.3 Å². The van der Waals surface area contributed by atoms with Crippen LogP contribution in [0.1, 0.15) is 0 Å². The maximum absolute atomic E-state index is 5.53. The molecule has 0 spiro atoms.